The highest BCUT2D eigenvalue weighted by Crippen LogP contribution is 2.22. The van der Waals surface area contributed by atoms with Gasteiger partial charge < -0.3 is 11.1 Å². The van der Waals surface area contributed by atoms with Crippen LogP contribution in [-0.4, -0.2) is 26.6 Å². The molecule has 2 aromatic heterocycles. The van der Waals surface area contributed by atoms with Gasteiger partial charge in [0, 0.05) is 18.1 Å². The van der Waals surface area contributed by atoms with E-state index in [1.807, 2.05) is 6.07 Å². The third-order valence-electron chi connectivity index (χ3n) is 4.46. The van der Waals surface area contributed by atoms with E-state index >= 15 is 0 Å². The predicted octanol–water partition coefficient (Wildman–Crippen LogP) is 2.59. The topological polar surface area (TPSA) is 103 Å². The van der Waals surface area contributed by atoms with Crippen molar-refractivity contribution in [3.8, 4) is 5.69 Å². The van der Waals surface area contributed by atoms with E-state index in [4.69, 9.17) is 5.73 Å². The first-order valence-electron chi connectivity index (χ1n) is 8.78. The van der Waals surface area contributed by atoms with E-state index in [1.165, 1.54) is 24.4 Å². The summed E-state index contributed by atoms with van der Waals surface area (Å²) < 4.78 is 14.8. The molecule has 2 aromatic carbocycles. The van der Waals surface area contributed by atoms with Gasteiger partial charge in [-0.05, 0) is 54.1 Å². The Kier molecular flexibility index (Phi) is 4.74. The van der Waals surface area contributed by atoms with Crippen molar-refractivity contribution in [3.05, 3.63) is 89.6 Å². The average Bonchev–Trinajstić information content (AvgIpc) is 3.17. The molecule has 29 heavy (non-hydrogen) atoms. The van der Waals surface area contributed by atoms with E-state index in [2.05, 4.69) is 15.4 Å². The van der Waals surface area contributed by atoms with E-state index in [9.17, 15) is 14.0 Å². The van der Waals surface area contributed by atoms with Crippen LogP contribution in [0.25, 0.3) is 16.6 Å². The first kappa shape index (κ1) is 18.3. The molecule has 4 aromatic rings. The summed E-state index contributed by atoms with van der Waals surface area (Å²) in [5.74, 6) is -1.25. The largest absolute Gasteiger partial charge is 0.364 e. The van der Waals surface area contributed by atoms with Crippen LogP contribution in [0.4, 0.5) is 4.39 Å². The molecular formula is C21H16FN5O2. The number of fused-ring (bicyclic) bond motifs is 1. The predicted molar refractivity (Wildman–Crippen MR) is 105 cm³/mol. The number of carbonyl (C=O) groups excluding carboxylic acids is 2. The molecule has 4 rings (SSSR count). The summed E-state index contributed by atoms with van der Waals surface area (Å²) in [5, 5.41) is 7.84. The highest BCUT2D eigenvalue weighted by molar-refractivity contribution is 6.06. The monoisotopic (exact) mass is 389 g/mol. The van der Waals surface area contributed by atoms with Gasteiger partial charge in [-0.1, -0.05) is 6.07 Å². The van der Waals surface area contributed by atoms with Crippen LogP contribution in [-0.2, 0) is 6.54 Å². The summed E-state index contributed by atoms with van der Waals surface area (Å²) in [4.78, 5) is 27.9. The number of aromatic nitrogens is 3. The van der Waals surface area contributed by atoms with Crippen LogP contribution in [0.15, 0.2) is 67.0 Å². The molecule has 3 N–H and O–H groups in total. The number of pyridine rings is 1. The van der Waals surface area contributed by atoms with Gasteiger partial charge in [0.25, 0.3) is 11.8 Å². The minimum Gasteiger partial charge on any atom is -0.364 e. The van der Waals surface area contributed by atoms with Crippen molar-refractivity contribution in [1.82, 2.24) is 20.1 Å². The van der Waals surface area contributed by atoms with E-state index < -0.39 is 5.91 Å². The van der Waals surface area contributed by atoms with Crippen LogP contribution in [0.1, 0.15) is 26.4 Å². The van der Waals surface area contributed by atoms with Crippen molar-refractivity contribution in [2.45, 2.75) is 6.54 Å². The zero-order chi connectivity index (χ0) is 20.4. The number of benzene rings is 2. The fourth-order valence-corrected chi connectivity index (χ4v) is 3.03. The highest BCUT2D eigenvalue weighted by Gasteiger charge is 2.14. The Labute approximate surface area is 165 Å². The summed E-state index contributed by atoms with van der Waals surface area (Å²) >= 11 is 0. The van der Waals surface area contributed by atoms with Crippen molar-refractivity contribution in [1.29, 1.82) is 0 Å². The van der Waals surface area contributed by atoms with Crippen LogP contribution in [0.5, 0.6) is 0 Å². The fraction of sp³-hybridized carbons (Fsp3) is 0.0476. The van der Waals surface area contributed by atoms with Crippen LogP contribution < -0.4 is 11.1 Å². The standard InChI is InChI=1S/C21H16FN5O2/c22-14-4-6-15(7-5-14)27-19-3-1-2-16(17(19)12-26-27)21(29)25-11-13-8-9-24-18(10-13)20(23)28/h1-10,12H,11H2,(H2,23,28)(H,25,29). The maximum absolute atomic E-state index is 13.2. The lowest BCUT2D eigenvalue weighted by molar-refractivity contribution is 0.0952. The van der Waals surface area contributed by atoms with Gasteiger partial charge in [-0.3, -0.25) is 14.6 Å². The lowest BCUT2D eigenvalue weighted by Gasteiger charge is -2.08. The van der Waals surface area contributed by atoms with E-state index in [0.29, 0.717) is 22.2 Å². The van der Waals surface area contributed by atoms with Crippen LogP contribution >= 0.6 is 0 Å². The van der Waals surface area contributed by atoms with Gasteiger partial charge in [0.15, 0.2) is 0 Å². The number of nitrogens with two attached hydrogens (primary N) is 1. The summed E-state index contributed by atoms with van der Waals surface area (Å²) in [6.07, 6.45) is 3.07. The summed E-state index contributed by atoms with van der Waals surface area (Å²) in [6.45, 7) is 0.212. The van der Waals surface area contributed by atoms with Crippen LogP contribution in [0, 0.1) is 5.82 Å². The third kappa shape index (κ3) is 3.68. The maximum atomic E-state index is 13.2. The van der Waals surface area contributed by atoms with E-state index in [1.54, 1.807) is 41.2 Å². The lowest BCUT2D eigenvalue weighted by Crippen LogP contribution is -2.23. The molecule has 0 unspecified atom stereocenters. The number of halogens is 1. The number of hydrogen-bond acceptors (Lipinski definition) is 4. The molecule has 0 bridgehead atoms. The molecule has 0 spiro atoms. The Bertz CT molecular complexity index is 1220. The molecule has 0 atom stereocenters. The number of nitrogens with one attached hydrogen (secondary N) is 1. The number of primary amides is 1. The van der Waals surface area contributed by atoms with Gasteiger partial charge in [0.05, 0.1) is 23.0 Å². The SMILES string of the molecule is NC(=O)c1cc(CNC(=O)c2cccc3c2cnn3-c2ccc(F)cc2)ccn1. The molecule has 2 heterocycles. The molecule has 2 amide bonds. The molecule has 0 saturated heterocycles. The van der Waals surface area contributed by atoms with Gasteiger partial charge in [0.2, 0.25) is 0 Å². The summed E-state index contributed by atoms with van der Waals surface area (Å²) in [6, 6.07) is 14.5. The minimum absolute atomic E-state index is 0.138. The average molecular weight is 389 g/mol. The Morgan fingerprint density at radius 1 is 1.10 bits per heavy atom. The smallest absolute Gasteiger partial charge is 0.267 e. The molecule has 0 saturated carbocycles. The van der Waals surface area contributed by atoms with Crippen LogP contribution in [0.3, 0.4) is 0 Å². The molecule has 7 nitrogen and oxygen atoms in total. The summed E-state index contributed by atoms with van der Waals surface area (Å²) in [7, 11) is 0. The highest BCUT2D eigenvalue weighted by atomic mass is 19.1. The number of nitrogens with zero attached hydrogens (tertiary/aromatic N) is 3. The first-order valence-corrected chi connectivity index (χ1v) is 8.78. The maximum Gasteiger partial charge on any atom is 0.267 e. The van der Waals surface area contributed by atoms with Gasteiger partial charge in [-0.2, -0.15) is 5.10 Å². The third-order valence-corrected chi connectivity index (χ3v) is 4.46. The molecule has 144 valence electrons. The normalized spacial score (nSPS) is 10.8. The van der Waals surface area contributed by atoms with Crippen molar-refractivity contribution in [2.75, 3.05) is 0 Å². The number of amides is 2. The van der Waals surface area contributed by atoms with Crippen molar-refractivity contribution in [2.24, 2.45) is 5.73 Å². The quantitative estimate of drug-likeness (QED) is 0.548. The van der Waals surface area contributed by atoms with Gasteiger partial charge in [-0.25, -0.2) is 9.07 Å². The minimum atomic E-state index is -0.629. The van der Waals surface area contributed by atoms with Crippen molar-refractivity contribution in [3.63, 3.8) is 0 Å². The van der Waals surface area contributed by atoms with Crippen molar-refractivity contribution < 1.29 is 14.0 Å². The second kappa shape index (κ2) is 7.51. The second-order valence-electron chi connectivity index (χ2n) is 6.37. The molecule has 0 aliphatic carbocycles. The zero-order valence-electron chi connectivity index (χ0n) is 15.2. The lowest BCUT2D eigenvalue weighted by atomic mass is 10.1. The summed E-state index contributed by atoms with van der Waals surface area (Å²) in [5.41, 5.74) is 7.95. The Hall–Kier alpha value is -4.07. The molecule has 0 radical (unpaired) electrons. The first-order chi connectivity index (χ1) is 14.0. The fourth-order valence-electron chi connectivity index (χ4n) is 3.03. The van der Waals surface area contributed by atoms with Crippen molar-refractivity contribution >= 4 is 22.7 Å². The molecule has 0 fully saturated rings. The number of carbonyl (C=O) groups is 2. The van der Waals surface area contributed by atoms with E-state index in [0.717, 1.165) is 5.52 Å². The van der Waals surface area contributed by atoms with Gasteiger partial charge in [-0.15, -0.1) is 0 Å². The molecule has 8 heteroatoms. The molecule has 0 aliphatic rings. The Balaban J connectivity index is 1.59. The van der Waals surface area contributed by atoms with Gasteiger partial charge >= 0.3 is 0 Å². The second-order valence-corrected chi connectivity index (χ2v) is 6.37. The molecule has 0 aliphatic heterocycles. The Morgan fingerprint density at radius 2 is 1.90 bits per heavy atom. The van der Waals surface area contributed by atoms with Gasteiger partial charge in [0.1, 0.15) is 11.5 Å². The Morgan fingerprint density at radius 3 is 2.66 bits per heavy atom. The number of rotatable bonds is 5. The molecular weight excluding hydrogens is 373 g/mol. The number of hydrogen-bond donors (Lipinski definition) is 2. The van der Waals surface area contributed by atoms with E-state index in [-0.39, 0.29) is 24.0 Å². The van der Waals surface area contributed by atoms with Crippen LogP contribution in [0.2, 0.25) is 0 Å². The zero-order valence-corrected chi connectivity index (χ0v) is 15.2.